The number of hydrogen-bond acceptors (Lipinski definition) is 3. The van der Waals surface area contributed by atoms with Crippen molar-refractivity contribution in [2.24, 2.45) is 5.41 Å². The fraction of sp³-hybridized carbons (Fsp3) is 0.467. The quantitative estimate of drug-likeness (QED) is 0.751. The Bertz CT molecular complexity index is 404. The first-order chi connectivity index (χ1) is 8.37. The minimum absolute atomic E-state index is 0.00665. The second kappa shape index (κ2) is 6.74. The first-order valence-corrected chi connectivity index (χ1v) is 6.96. The predicted molar refractivity (Wildman–Crippen MR) is 75.6 cm³/mol. The van der Waals surface area contributed by atoms with E-state index < -0.39 is 0 Å². The van der Waals surface area contributed by atoms with E-state index in [-0.39, 0.29) is 16.3 Å². The monoisotopic (exact) mass is 264 g/mol. The molecule has 2 nitrogen and oxygen atoms in total. The predicted octanol–water partition coefficient (Wildman–Crippen LogP) is 4.09. The largest absolute Gasteiger partial charge is 0.300 e. The van der Waals surface area contributed by atoms with Crippen molar-refractivity contribution in [3.8, 4) is 0 Å². The summed E-state index contributed by atoms with van der Waals surface area (Å²) >= 11 is 1.21. The van der Waals surface area contributed by atoms with Crippen LogP contribution in [0.25, 0.3) is 0 Å². The number of carbonyl (C=O) groups is 2. The summed E-state index contributed by atoms with van der Waals surface area (Å²) in [6.07, 6.45) is 1.22. The van der Waals surface area contributed by atoms with Gasteiger partial charge in [-0.15, -0.1) is 0 Å². The summed E-state index contributed by atoms with van der Waals surface area (Å²) in [7, 11) is 0. The first kappa shape index (κ1) is 15.0. The molecule has 0 aliphatic carbocycles. The Kier molecular flexibility index (Phi) is 5.60. The van der Waals surface area contributed by atoms with Gasteiger partial charge in [0.15, 0.2) is 5.12 Å². The molecule has 0 aromatic heterocycles. The molecule has 0 aliphatic rings. The van der Waals surface area contributed by atoms with Gasteiger partial charge in [-0.3, -0.25) is 9.59 Å². The van der Waals surface area contributed by atoms with Crippen LogP contribution in [0.4, 0.5) is 0 Å². The van der Waals surface area contributed by atoms with Gasteiger partial charge >= 0.3 is 0 Å². The van der Waals surface area contributed by atoms with Gasteiger partial charge in [0.1, 0.15) is 5.78 Å². The maximum atomic E-state index is 11.7. The number of benzene rings is 1. The van der Waals surface area contributed by atoms with Crippen LogP contribution in [0.15, 0.2) is 35.2 Å². The molecule has 0 N–H and O–H groups in total. The van der Waals surface area contributed by atoms with Crippen molar-refractivity contribution in [2.45, 2.75) is 44.9 Å². The van der Waals surface area contributed by atoms with Crippen LogP contribution in [0.5, 0.6) is 0 Å². The zero-order valence-corrected chi connectivity index (χ0v) is 12.0. The minimum atomic E-state index is 0.00665. The number of hydrogen-bond donors (Lipinski definition) is 0. The molecule has 1 rings (SSSR count). The molecule has 18 heavy (non-hydrogen) atoms. The standard InChI is InChI=1S/C15H20O2S/c1-15(2,3)11-12(16)9-10-14(17)18-13-7-5-4-6-8-13/h4-8H,9-11H2,1-3H3. The third-order valence-corrected chi connectivity index (χ3v) is 3.25. The van der Waals surface area contributed by atoms with E-state index in [9.17, 15) is 9.59 Å². The summed E-state index contributed by atoms with van der Waals surface area (Å²) in [6, 6.07) is 9.53. The van der Waals surface area contributed by atoms with E-state index in [0.717, 1.165) is 4.90 Å². The molecule has 1 aromatic rings. The summed E-state index contributed by atoms with van der Waals surface area (Å²) in [4.78, 5) is 24.3. The van der Waals surface area contributed by atoms with Gasteiger partial charge in [-0.25, -0.2) is 0 Å². The SMILES string of the molecule is CC(C)(C)CC(=O)CCC(=O)Sc1ccccc1. The van der Waals surface area contributed by atoms with Gasteiger partial charge in [0, 0.05) is 24.2 Å². The Morgan fingerprint density at radius 2 is 1.67 bits per heavy atom. The first-order valence-electron chi connectivity index (χ1n) is 6.14. The summed E-state index contributed by atoms with van der Waals surface area (Å²) in [6.45, 7) is 6.10. The van der Waals surface area contributed by atoms with E-state index in [2.05, 4.69) is 0 Å². The molecular formula is C15H20O2S. The van der Waals surface area contributed by atoms with Crippen LogP contribution in [0.2, 0.25) is 0 Å². The van der Waals surface area contributed by atoms with Gasteiger partial charge in [0.2, 0.25) is 0 Å². The molecule has 0 saturated heterocycles. The normalized spacial score (nSPS) is 11.3. The third-order valence-electron chi connectivity index (χ3n) is 2.31. The highest BCUT2D eigenvalue weighted by molar-refractivity contribution is 8.13. The van der Waals surface area contributed by atoms with Crippen LogP contribution in [0.1, 0.15) is 40.0 Å². The Morgan fingerprint density at radius 3 is 2.22 bits per heavy atom. The van der Waals surface area contributed by atoms with E-state index in [1.807, 2.05) is 51.1 Å². The smallest absolute Gasteiger partial charge is 0.194 e. The zero-order chi connectivity index (χ0) is 13.6. The van der Waals surface area contributed by atoms with Crippen LogP contribution >= 0.6 is 11.8 Å². The number of ketones is 1. The Balaban J connectivity index is 2.32. The third kappa shape index (κ3) is 6.60. The van der Waals surface area contributed by atoms with Crippen LogP contribution in [-0.4, -0.2) is 10.9 Å². The molecule has 0 amide bonds. The molecular weight excluding hydrogens is 244 g/mol. The van der Waals surface area contributed by atoms with Crippen molar-refractivity contribution in [2.75, 3.05) is 0 Å². The lowest BCUT2D eigenvalue weighted by Gasteiger charge is -2.16. The van der Waals surface area contributed by atoms with Gasteiger partial charge in [-0.2, -0.15) is 0 Å². The summed E-state index contributed by atoms with van der Waals surface area (Å²) < 4.78 is 0. The summed E-state index contributed by atoms with van der Waals surface area (Å²) in [5.74, 6) is 0.171. The van der Waals surface area contributed by atoms with Gasteiger partial charge in [0.05, 0.1) is 0 Å². The van der Waals surface area contributed by atoms with Crippen molar-refractivity contribution in [1.29, 1.82) is 0 Å². The molecule has 98 valence electrons. The topological polar surface area (TPSA) is 34.1 Å². The van der Waals surface area contributed by atoms with E-state index in [0.29, 0.717) is 19.3 Å². The Morgan fingerprint density at radius 1 is 1.06 bits per heavy atom. The Labute approximate surface area is 113 Å². The van der Waals surface area contributed by atoms with Crippen LogP contribution in [-0.2, 0) is 9.59 Å². The van der Waals surface area contributed by atoms with Crippen molar-refractivity contribution in [3.05, 3.63) is 30.3 Å². The Hall–Kier alpha value is -1.09. The number of Topliss-reactive ketones (excluding diaryl/α,β-unsaturated/α-hetero) is 1. The second-order valence-corrected chi connectivity index (χ2v) is 6.69. The lowest BCUT2D eigenvalue weighted by atomic mass is 9.89. The minimum Gasteiger partial charge on any atom is -0.300 e. The van der Waals surface area contributed by atoms with Crippen molar-refractivity contribution in [1.82, 2.24) is 0 Å². The molecule has 0 spiro atoms. The maximum Gasteiger partial charge on any atom is 0.194 e. The van der Waals surface area contributed by atoms with Crippen molar-refractivity contribution in [3.63, 3.8) is 0 Å². The van der Waals surface area contributed by atoms with E-state index >= 15 is 0 Å². The van der Waals surface area contributed by atoms with Crippen LogP contribution in [0, 0.1) is 5.41 Å². The highest BCUT2D eigenvalue weighted by atomic mass is 32.2. The van der Waals surface area contributed by atoms with Gasteiger partial charge in [-0.1, -0.05) is 50.7 Å². The fourth-order valence-corrected chi connectivity index (χ4v) is 2.35. The average Bonchev–Trinajstić information content (AvgIpc) is 2.25. The molecule has 0 unspecified atom stereocenters. The highest BCUT2D eigenvalue weighted by Crippen LogP contribution is 2.23. The molecule has 0 atom stereocenters. The molecule has 0 bridgehead atoms. The van der Waals surface area contributed by atoms with E-state index in [1.54, 1.807) is 0 Å². The summed E-state index contributed by atoms with van der Waals surface area (Å²) in [5.41, 5.74) is 0.00665. The lowest BCUT2D eigenvalue weighted by Crippen LogP contribution is -2.13. The number of carbonyl (C=O) groups excluding carboxylic acids is 2. The molecule has 0 saturated carbocycles. The van der Waals surface area contributed by atoms with E-state index in [4.69, 9.17) is 0 Å². The fourth-order valence-electron chi connectivity index (χ4n) is 1.59. The van der Waals surface area contributed by atoms with Crippen molar-refractivity contribution < 1.29 is 9.59 Å². The summed E-state index contributed by atoms with van der Waals surface area (Å²) in [5, 5.41) is 0.0588. The average molecular weight is 264 g/mol. The molecule has 3 heteroatoms. The zero-order valence-electron chi connectivity index (χ0n) is 11.2. The van der Waals surface area contributed by atoms with Crippen LogP contribution < -0.4 is 0 Å². The molecule has 0 fully saturated rings. The molecule has 0 radical (unpaired) electrons. The number of thioether (sulfide) groups is 1. The highest BCUT2D eigenvalue weighted by Gasteiger charge is 2.16. The molecule has 0 aliphatic heterocycles. The molecule has 0 heterocycles. The van der Waals surface area contributed by atoms with Gasteiger partial charge in [0.25, 0.3) is 0 Å². The van der Waals surface area contributed by atoms with E-state index in [1.165, 1.54) is 11.8 Å². The van der Waals surface area contributed by atoms with Gasteiger partial charge in [-0.05, 0) is 17.5 Å². The lowest BCUT2D eigenvalue weighted by molar-refractivity contribution is -0.122. The molecule has 1 aromatic carbocycles. The van der Waals surface area contributed by atoms with Crippen LogP contribution in [0.3, 0.4) is 0 Å². The number of rotatable bonds is 5. The second-order valence-electron chi connectivity index (χ2n) is 5.56. The van der Waals surface area contributed by atoms with Crippen molar-refractivity contribution >= 4 is 22.7 Å². The van der Waals surface area contributed by atoms with Gasteiger partial charge < -0.3 is 0 Å². The maximum absolute atomic E-state index is 11.7.